The zero-order chi connectivity index (χ0) is 15.6. The van der Waals surface area contributed by atoms with Gasteiger partial charge in [0, 0.05) is 6.54 Å². The lowest BCUT2D eigenvalue weighted by Gasteiger charge is -2.21. The minimum atomic E-state index is -0.391. The fourth-order valence-electron chi connectivity index (χ4n) is 2.42. The first-order valence-corrected chi connectivity index (χ1v) is 7.64. The molecule has 2 rings (SSSR count). The molecular formula is C14H18BrN3O3. The highest BCUT2D eigenvalue weighted by atomic mass is 79.9. The summed E-state index contributed by atoms with van der Waals surface area (Å²) in [5, 5.41) is 14.4. The first-order valence-electron chi connectivity index (χ1n) is 6.84. The van der Waals surface area contributed by atoms with Gasteiger partial charge in [-0.1, -0.05) is 6.92 Å². The van der Waals surface area contributed by atoms with Crippen molar-refractivity contribution in [2.45, 2.75) is 33.3 Å². The molecule has 1 aromatic carbocycles. The zero-order valence-corrected chi connectivity index (χ0v) is 13.9. The molecule has 1 unspecified atom stereocenters. The van der Waals surface area contributed by atoms with Crippen LogP contribution in [0.25, 0.3) is 0 Å². The van der Waals surface area contributed by atoms with Gasteiger partial charge in [-0.2, -0.15) is 0 Å². The lowest BCUT2D eigenvalue weighted by molar-refractivity contribution is -0.386. The second kappa shape index (κ2) is 6.43. The van der Waals surface area contributed by atoms with Crippen molar-refractivity contribution in [3.8, 4) is 5.75 Å². The molecule has 0 saturated heterocycles. The van der Waals surface area contributed by atoms with Crippen molar-refractivity contribution in [1.82, 2.24) is 5.32 Å². The van der Waals surface area contributed by atoms with E-state index in [1.807, 2.05) is 13.8 Å². The summed E-state index contributed by atoms with van der Waals surface area (Å²) in [4.78, 5) is 15.2. The number of nitrogens with one attached hydrogen (secondary N) is 1. The maximum absolute atomic E-state index is 11.2. The number of halogens is 1. The van der Waals surface area contributed by atoms with Gasteiger partial charge in [0.15, 0.2) is 6.10 Å². The van der Waals surface area contributed by atoms with Gasteiger partial charge in [-0.05, 0) is 47.8 Å². The van der Waals surface area contributed by atoms with Gasteiger partial charge in [-0.15, -0.1) is 0 Å². The Morgan fingerprint density at radius 3 is 2.81 bits per heavy atom. The molecular weight excluding hydrogens is 338 g/mol. The van der Waals surface area contributed by atoms with Crippen LogP contribution >= 0.6 is 15.9 Å². The van der Waals surface area contributed by atoms with E-state index >= 15 is 0 Å². The van der Waals surface area contributed by atoms with Crippen molar-refractivity contribution in [3.63, 3.8) is 0 Å². The number of benzene rings is 1. The molecule has 1 heterocycles. The van der Waals surface area contributed by atoms with E-state index < -0.39 is 4.92 Å². The molecule has 6 nitrogen and oxygen atoms in total. The van der Waals surface area contributed by atoms with Gasteiger partial charge in [0.2, 0.25) is 0 Å². The fraction of sp³-hybridized carbons (Fsp3) is 0.500. The fourth-order valence-corrected chi connectivity index (χ4v) is 3.20. The zero-order valence-electron chi connectivity index (χ0n) is 12.3. The van der Waals surface area contributed by atoms with Crippen molar-refractivity contribution in [2.75, 3.05) is 13.1 Å². The van der Waals surface area contributed by atoms with Crippen LogP contribution in [0, 0.1) is 24.0 Å². The Morgan fingerprint density at radius 2 is 2.29 bits per heavy atom. The predicted octanol–water partition coefficient (Wildman–Crippen LogP) is 3.13. The van der Waals surface area contributed by atoms with Crippen LogP contribution in [0.15, 0.2) is 15.5 Å². The number of hydrogen-bond donors (Lipinski definition) is 1. The number of rotatable bonds is 5. The van der Waals surface area contributed by atoms with E-state index in [1.165, 1.54) is 0 Å². The predicted molar refractivity (Wildman–Crippen MR) is 85.3 cm³/mol. The number of nitro groups is 1. The van der Waals surface area contributed by atoms with Gasteiger partial charge in [-0.3, -0.25) is 15.1 Å². The van der Waals surface area contributed by atoms with E-state index in [-0.39, 0.29) is 11.8 Å². The topological polar surface area (TPSA) is 76.8 Å². The van der Waals surface area contributed by atoms with Crippen LogP contribution in [0.5, 0.6) is 5.75 Å². The number of aryl methyl sites for hydroxylation is 1. The Bertz CT molecular complexity index is 602. The molecule has 0 fully saturated rings. The molecule has 0 spiro atoms. The molecule has 114 valence electrons. The van der Waals surface area contributed by atoms with Crippen molar-refractivity contribution >= 4 is 27.5 Å². The van der Waals surface area contributed by atoms with Crippen LogP contribution in [0.1, 0.15) is 24.5 Å². The molecule has 0 amide bonds. The number of aliphatic imine (C=N–C) groups is 1. The second-order valence-electron chi connectivity index (χ2n) is 4.94. The Hall–Kier alpha value is -1.63. The quantitative estimate of drug-likeness (QED) is 0.650. The molecule has 21 heavy (non-hydrogen) atoms. The molecule has 0 saturated carbocycles. The monoisotopic (exact) mass is 355 g/mol. The van der Waals surface area contributed by atoms with Crippen molar-refractivity contribution in [2.24, 2.45) is 4.99 Å². The summed E-state index contributed by atoms with van der Waals surface area (Å²) in [5.74, 6) is 1.38. The largest absolute Gasteiger partial charge is 0.482 e. The molecule has 0 radical (unpaired) electrons. The molecule has 1 aromatic rings. The molecule has 1 aliphatic heterocycles. The van der Waals surface area contributed by atoms with Crippen LogP contribution in [0.4, 0.5) is 5.69 Å². The number of ether oxygens (including phenoxy) is 1. The van der Waals surface area contributed by atoms with E-state index in [2.05, 4.69) is 26.2 Å². The van der Waals surface area contributed by atoms with Crippen LogP contribution in [-0.2, 0) is 0 Å². The Balaban J connectivity index is 2.39. The van der Waals surface area contributed by atoms with Crippen molar-refractivity contribution < 1.29 is 9.66 Å². The first kappa shape index (κ1) is 15.8. The summed E-state index contributed by atoms with van der Waals surface area (Å²) < 4.78 is 6.51. The molecule has 0 bridgehead atoms. The van der Waals surface area contributed by atoms with Crippen LogP contribution in [-0.4, -0.2) is 30.0 Å². The Kier molecular flexibility index (Phi) is 4.82. The molecule has 0 aromatic heterocycles. The second-order valence-corrected chi connectivity index (χ2v) is 5.80. The maximum Gasteiger partial charge on any atom is 0.290 e. The Morgan fingerprint density at radius 1 is 1.57 bits per heavy atom. The van der Waals surface area contributed by atoms with E-state index in [1.54, 1.807) is 13.0 Å². The summed E-state index contributed by atoms with van der Waals surface area (Å²) in [6.07, 6.45) is 0.542. The van der Waals surface area contributed by atoms with Crippen LogP contribution in [0.3, 0.4) is 0 Å². The van der Waals surface area contributed by atoms with E-state index in [9.17, 15) is 10.1 Å². The highest BCUT2D eigenvalue weighted by molar-refractivity contribution is 9.10. The van der Waals surface area contributed by atoms with Crippen molar-refractivity contribution in [3.05, 3.63) is 31.8 Å². The first-order chi connectivity index (χ1) is 9.95. The van der Waals surface area contributed by atoms with E-state index in [4.69, 9.17) is 4.74 Å². The van der Waals surface area contributed by atoms with Gasteiger partial charge < -0.3 is 10.1 Å². The van der Waals surface area contributed by atoms with E-state index in [0.29, 0.717) is 15.8 Å². The van der Waals surface area contributed by atoms with E-state index in [0.717, 1.165) is 30.9 Å². The van der Waals surface area contributed by atoms with Gasteiger partial charge in [0.1, 0.15) is 11.6 Å². The molecule has 1 N–H and O–H groups in total. The minimum Gasteiger partial charge on any atom is -0.482 e. The van der Waals surface area contributed by atoms with Gasteiger partial charge in [-0.25, -0.2) is 0 Å². The number of nitro benzene ring substituents is 1. The highest BCUT2D eigenvalue weighted by Crippen LogP contribution is 2.38. The molecule has 0 aliphatic carbocycles. The average molecular weight is 356 g/mol. The lowest BCUT2D eigenvalue weighted by Crippen LogP contribution is -2.35. The summed E-state index contributed by atoms with van der Waals surface area (Å²) in [6, 6.07) is 1.72. The maximum atomic E-state index is 11.2. The van der Waals surface area contributed by atoms with Gasteiger partial charge in [0.05, 0.1) is 21.5 Å². The Labute approximate surface area is 131 Å². The number of nitrogens with zero attached hydrogens (tertiary/aromatic N) is 2. The minimum absolute atomic E-state index is 0.0479. The molecule has 7 heteroatoms. The third kappa shape index (κ3) is 3.18. The summed E-state index contributed by atoms with van der Waals surface area (Å²) in [5.41, 5.74) is 1.44. The van der Waals surface area contributed by atoms with Crippen molar-refractivity contribution in [1.29, 1.82) is 0 Å². The SMILES string of the molecule is CCC(Oc1c(C)cc(Br)c([N+](=O)[O-])c1C)C1=NCCN1. The average Bonchev–Trinajstić information content (AvgIpc) is 2.91. The molecule has 1 atom stereocenters. The smallest absolute Gasteiger partial charge is 0.290 e. The summed E-state index contributed by atoms with van der Waals surface area (Å²) in [6.45, 7) is 7.15. The van der Waals surface area contributed by atoms with Crippen LogP contribution in [0.2, 0.25) is 0 Å². The van der Waals surface area contributed by atoms with Gasteiger partial charge in [0.25, 0.3) is 5.69 Å². The third-order valence-electron chi connectivity index (χ3n) is 3.44. The molecule has 1 aliphatic rings. The normalized spacial score (nSPS) is 15.3. The lowest BCUT2D eigenvalue weighted by atomic mass is 10.1. The standard InChI is InChI=1S/C14H18BrN3O3/c1-4-11(14-16-5-6-17-14)21-13-8(2)7-10(15)12(9(13)3)18(19)20/h7,11H,4-6H2,1-3H3,(H,16,17). The summed E-state index contributed by atoms with van der Waals surface area (Å²) in [7, 11) is 0. The van der Waals surface area contributed by atoms with Crippen LogP contribution < -0.4 is 10.1 Å². The number of amidine groups is 1. The third-order valence-corrected chi connectivity index (χ3v) is 4.05. The highest BCUT2D eigenvalue weighted by Gasteiger charge is 2.25. The summed E-state index contributed by atoms with van der Waals surface area (Å²) >= 11 is 3.25. The number of hydrogen-bond acceptors (Lipinski definition) is 5. The van der Waals surface area contributed by atoms with Gasteiger partial charge >= 0.3 is 0 Å².